The highest BCUT2D eigenvalue weighted by Gasteiger charge is 2.22. The second-order valence-corrected chi connectivity index (χ2v) is 8.49. The molecular weight excluding hydrogens is 454 g/mol. The van der Waals surface area contributed by atoms with Crippen LogP contribution in [0.1, 0.15) is 28.8 Å². The Kier molecular flexibility index (Phi) is 7.98. The summed E-state index contributed by atoms with van der Waals surface area (Å²) in [4.78, 5) is 28.7. The highest BCUT2D eigenvalue weighted by atomic mass is 35.5. The molecule has 0 bridgehead atoms. The molecule has 6 nitrogen and oxygen atoms in total. The van der Waals surface area contributed by atoms with Gasteiger partial charge in [-0.1, -0.05) is 17.7 Å². The number of rotatable bonds is 6. The van der Waals surface area contributed by atoms with Crippen LogP contribution in [0.15, 0.2) is 36.4 Å². The quantitative estimate of drug-likeness (QED) is 0.643. The molecular formula is C23H27Cl2FN4O2. The minimum Gasteiger partial charge on any atom is -0.383 e. The van der Waals surface area contributed by atoms with Gasteiger partial charge in [-0.15, -0.1) is 12.4 Å². The van der Waals surface area contributed by atoms with E-state index < -0.39 is 6.17 Å². The zero-order valence-electron chi connectivity index (χ0n) is 17.9. The highest BCUT2D eigenvalue weighted by Crippen LogP contribution is 2.30. The van der Waals surface area contributed by atoms with Crippen molar-refractivity contribution in [1.29, 1.82) is 0 Å². The van der Waals surface area contributed by atoms with E-state index in [2.05, 4.69) is 15.5 Å². The summed E-state index contributed by atoms with van der Waals surface area (Å²) in [6.07, 6.45) is 1.03. The topological polar surface area (TPSA) is 64.7 Å². The van der Waals surface area contributed by atoms with Crippen LogP contribution in [0.5, 0.6) is 0 Å². The number of carbonyl (C=O) groups is 2. The van der Waals surface area contributed by atoms with Gasteiger partial charge in [0, 0.05) is 61.7 Å². The Morgan fingerprint density at radius 1 is 1.22 bits per heavy atom. The van der Waals surface area contributed by atoms with E-state index in [0.29, 0.717) is 60.9 Å². The predicted octanol–water partition coefficient (Wildman–Crippen LogP) is 4.38. The fourth-order valence-corrected chi connectivity index (χ4v) is 4.28. The van der Waals surface area contributed by atoms with Crippen molar-refractivity contribution in [2.24, 2.45) is 0 Å². The number of likely N-dealkylation sites (tertiary alicyclic amines) is 1. The lowest BCUT2D eigenvalue weighted by molar-refractivity contribution is -0.118. The van der Waals surface area contributed by atoms with Gasteiger partial charge in [0.25, 0.3) is 5.91 Å². The maximum absolute atomic E-state index is 13.4. The molecule has 4 rings (SSSR count). The molecule has 172 valence electrons. The van der Waals surface area contributed by atoms with Gasteiger partial charge in [0.15, 0.2) is 0 Å². The molecule has 9 heteroatoms. The summed E-state index contributed by atoms with van der Waals surface area (Å²) >= 11 is 6.15. The van der Waals surface area contributed by atoms with E-state index in [4.69, 9.17) is 11.6 Å². The average Bonchev–Trinajstić information content (AvgIpc) is 3.16. The zero-order chi connectivity index (χ0) is 22.0. The molecule has 1 saturated heterocycles. The van der Waals surface area contributed by atoms with Gasteiger partial charge in [-0.2, -0.15) is 0 Å². The number of nitrogens with one attached hydrogen (secondary N) is 2. The van der Waals surface area contributed by atoms with E-state index in [1.807, 2.05) is 18.2 Å². The number of fused-ring (bicyclic) bond motifs is 1. The molecule has 2 aliphatic heterocycles. The number of benzene rings is 2. The van der Waals surface area contributed by atoms with Gasteiger partial charge in [0.05, 0.1) is 5.56 Å². The van der Waals surface area contributed by atoms with E-state index in [1.54, 1.807) is 30.1 Å². The Hall–Kier alpha value is -2.35. The molecule has 0 aromatic heterocycles. The summed E-state index contributed by atoms with van der Waals surface area (Å²) in [6, 6.07) is 10.7. The summed E-state index contributed by atoms with van der Waals surface area (Å²) in [6.45, 7) is 2.49. The number of alkyl halides is 1. The molecule has 32 heavy (non-hydrogen) atoms. The van der Waals surface area contributed by atoms with Crippen molar-refractivity contribution in [3.63, 3.8) is 0 Å². The first-order valence-corrected chi connectivity index (χ1v) is 10.9. The fourth-order valence-electron chi connectivity index (χ4n) is 4.11. The number of hydrogen-bond donors (Lipinski definition) is 2. The van der Waals surface area contributed by atoms with Gasteiger partial charge in [-0.05, 0) is 48.7 Å². The molecule has 2 aliphatic rings. The SMILES string of the molecule is CN1C(=O)CCc2ccc(NC(=O)c3ccc(Cl)cc3NCCN3CCC(F)C3)cc21.Cl. The average molecular weight is 481 g/mol. The third-order valence-electron chi connectivity index (χ3n) is 5.87. The summed E-state index contributed by atoms with van der Waals surface area (Å²) in [5.74, 6) is -0.203. The highest BCUT2D eigenvalue weighted by molar-refractivity contribution is 6.31. The van der Waals surface area contributed by atoms with Crippen LogP contribution in [0.25, 0.3) is 0 Å². The maximum Gasteiger partial charge on any atom is 0.257 e. The lowest BCUT2D eigenvalue weighted by atomic mass is 10.0. The second kappa shape index (κ2) is 10.5. The van der Waals surface area contributed by atoms with Crippen LogP contribution >= 0.6 is 24.0 Å². The first-order chi connectivity index (χ1) is 14.9. The van der Waals surface area contributed by atoms with E-state index in [0.717, 1.165) is 17.8 Å². The lowest BCUT2D eigenvalue weighted by Crippen LogP contribution is -2.31. The predicted molar refractivity (Wildman–Crippen MR) is 129 cm³/mol. The number of hydrogen-bond acceptors (Lipinski definition) is 4. The van der Waals surface area contributed by atoms with Crippen molar-refractivity contribution in [3.8, 4) is 0 Å². The van der Waals surface area contributed by atoms with Crippen LogP contribution < -0.4 is 15.5 Å². The van der Waals surface area contributed by atoms with Gasteiger partial charge in [-0.3, -0.25) is 14.5 Å². The first kappa shape index (κ1) is 24.3. The molecule has 0 aliphatic carbocycles. The Bertz CT molecular complexity index is 1000. The van der Waals surface area contributed by atoms with E-state index in [-0.39, 0.29) is 24.2 Å². The number of nitrogens with zero attached hydrogens (tertiary/aromatic N) is 2. The molecule has 2 heterocycles. The first-order valence-electron chi connectivity index (χ1n) is 10.5. The Balaban J connectivity index is 0.00000289. The second-order valence-electron chi connectivity index (χ2n) is 8.05. The largest absolute Gasteiger partial charge is 0.383 e. The molecule has 2 N–H and O–H groups in total. The molecule has 1 atom stereocenters. The standard InChI is InChI=1S/C23H26ClFN4O2.ClH/c1-28-21-13-18(5-2-15(21)3-7-22(28)30)27-23(31)19-6-4-16(24)12-20(19)26-9-11-29-10-8-17(25)14-29;/h2,4-6,12-13,17,26H,3,7-11,14H2,1H3,(H,27,31);1H. The van der Waals surface area contributed by atoms with Crippen LogP contribution in [-0.2, 0) is 11.2 Å². The minimum absolute atomic E-state index is 0. The summed E-state index contributed by atoms with van der Waals surface area (Å²) in [5.41, 5.74) is 3.63. The molecule has 2 amide bonds. The summed E-state index contributed by atoms with van der Waals surface area (Å²) in [7, 11) is 1.75. The van der Waals surface area contributed by atoms with Gasteiger partial charge >= 0.3 is 0 Å². The lowest BCUT2D eigenvalue weighted by Gasteiger charge is -2.26. The molecule has 2 aromatic rings. The third-order valence-corrected chi connectivity index (χ3v) is 6.11. The number of aryl methyl sites for hydroxylation is 1. The Labute approximate surface area is 198 Å². The van der Waals surface area contributed by atoms with Crippen molar-refractivity contribution in [2.75, 3.05) is 48.8 Å². The number of anilines is 3. The van der Waals surface area contributed by atoms with Crippen molar-refractivity contribution >= 4 is 52.9 Å². The normalized spacial score (nSPS) is 18.2. The molecule has 1 unspecified atom stereocenters. The van der Waals surface area contributed by atoms with Gasteiger partial charge in [0.2, 0.25) is 5.91 Å². The van der Waals surface area contributed by atoms with Crippen molar-refractivity contribution in [1.82, 2.24) is 4.90 Å². The molecule has 0 radical (unpaired) electrons. The molecule has 2 aromatic carbocycles. The fraction of sp³-hybridized carbons (Fsp3) is 0.391. The number of halogens is 3. The smallest absolute Gasteiger partial charge is 0.257 e. The molecule has 0 spiro atoms. The van der Waals surface area contributed by atoms with Crippen LogP contribution in [0.3, 0.4) is 0 Å². The molecule has 1 fully saturated rings. The third kappa shape index (κ3) is 5.52. The van der Waals surface area contributed by atoms with Crippen molar-refractivity contribution in [2.45, 2.75) is 25.4 Å². The maximum atomic E-state index is 13.4. The van der Waals surface area contributed by atoms with Crippen LogP contribution in [0.2, 0.25) is 5.02 Å². The van der Waals surface area contributed by atoms with Crippen LogP contribution in [0.4, 0.5) is 21.5 Å². The minimum atomic E-state index is -0.751. The number of amides is 2. The van der Waals surface area contributed by atoms with Crippen LogP contribution in [-0.4, -0.2) is 56.1 Å². The summed E-state index contributed by atoms with van der Waals surface area (Å²) in [5, 5.41) is 6.71. The van der Waals surface area contributed by atoms with Crippen molar-refractivity contribution < 1.29 is 14.0 Å². The Morgan fingerprint density at radius 3 is 2.78 bits per heavy atom. The van der Waals surface area contributed by atoms with Crippen LogP contribution in [0, 0.1) is 0 Å². The molecule has 0 saturated carbocycles. The van der Waals surface area contributed by atoms with E-state index in [9.17, 15) is 14.0 Å². The summed E-state index contributed by atoms with van der Waals surface area (Å²) < 4.78 is 13.4. The number of carbonyl (C=O) groups excluding carboxylic acids is 2. The van der Waals surface area contributed by atoms with E-state index in [1.165, 1.54) is 0 Å². The van der Waals surface area contributed by atoms with E-state index >= 15 is 0 Å². The monoisotopic (exact) mass is 480 g/mol. The van der Waals surface area contributed by atoms with Gasteiger partial charge < -0.3 is 15.5 Å². The Morgan fingerprint density at radius 2 is 2.03 bits per heavy atom. The zero-order valence-corrected chi connectivity index (χ0v) is 19.4. The van der Waals surface area contributed by atoms with Gasteiger partial charge in [-0.25, -0.2) is 4.39 Å². The van der Waals surface area contributed by atoms with Crippen molar-refractivity contribution in [3.05, 3.63) is 52.5 Å². The van der Waals surface area contributed by atoms with Gasteiger partial charge in [0.1, 0.15) is 6.17 Å².